The predicted octanol–water partition coefficient (Wildman–Crippen LogP) is 4.61. The van der Waals surface area contributed by atoms with Crippen molar-refractivity contribution in [3.8, 4) is 5.75 Å². The minimum absolute atomic E-state index is 0.110. The molecule has 0 aliphatic heterocycles. The van der Waals surface area contributed by atoms with E-state index in [0.717, 1.165) is 16.7 Å². The molecule has 2 aromatic carbocycles. The lowest BCUT2D eigenvalue weighted by Crippen LogP contribution is -2.19. The molecule has 0 bridgehead atoms. The van der Waals surface area contributed by atoms with E-state index in [1.165, 1.54) is 18.3 Å². The first-order valence-corrected chi connectivity index (χ1v) is 10.7. The molecule has 2 N–H and O–H groups in total. The Hall–Kier alpha value is -2.34. The fourth-order valence-electron chi connectivity index (χ4n) is 2.70. The van der Waals surface area contributed by atoms with Gasteiger partial charge in [-0.2, -0.15) is 13.5 Å². The molecule has 0 aromatic heterocycles. The summed E-state index contributed by atoms with van der Waals surface area (Å²) in [6.07, 6.45) is 1.35. The van der Waals surface area contributed by atoms with E-state index >= 15 is 0 Å². The van der Waals surface area contributed by atoms with Gasteiger partial charge in [-0.1, -0.05) is 65.3 Å². The highest BCUT2D eigenvalue weighted by Crippen LogP contribution is 2.37. The van der Waals surface area contributed by atoms with E-state index < -0.39 is 10.0 Å². The Bertz CT molecular complexity index is 978. The molecule has 0 heterocycles. The third kappa shape index (κ3) is 5.13. The van der Waals surface area contributed by atoms with Gasteiger partial charge in [0.15, 0.2) is 0 Å². The third-order valence-electron chi connectivity index (χ3n) is 4.52. The first-order valence-electron chi connectivity index (χ1n) is 9.21. The van der Waals surface area contributed by atoms with Gasteiger partial charge in [0, 0.05) is 11.1 Å². The maximum atomic E-state index is 12.4. The maximum absolute atomic E-state index is 12.4. The number of hydrogen-bond donors (Lipinski definition) is 2. The van der Waals surface area contributed by atoms with Gasteiger partial charge in [-0.3, -0.25) is 0 Å². The molecule has 0 aliphatic carbocycles. The average molecular weight is 403 g/mol. The number of hydrazone groups is 1. The molecule has 0 spiro atoms. The largest absolute Gasteiger partial charge is 0.507 e. The van der Waals surface area contributed by atoms with Crippen LogP contribution in [-0.2, 0) is 20.9 Å². The van der Waals surface area contributed by atoms with E-state index in [1.54, 1.807) is 12.1 Å². The van der Waals surface area contributed by atoms with Gasteiger partial charge in [0.1, 0.15) is 5.75 Å². The summed E-state index contributed by atoms with van der Waals surface area (Å²) >= 11 is 0. The SMILES string of the molecule is Cc1ccc(S(=O)(=O)N/N=C\c2cc(C(C)(C)C)cc(C(C)(C)C)c2O)cc1. The Labute approximate surface area is 168 Å². The highest BCUT2D eigenvalue weighted by Gasteiger charge is 2.24. The average Bonchev–Trinajstić information content (AvgIpc) is 2.54. The van der Waals surface area contributed by atoms with E-state index in [4.69, 9.17) is 0 Å². The van der Waals surface area contributed by atoms with Crippen molar-refractivity contribution in [2.75, 3.05) is 0 Å². The van der Waals surface area contributed by atoms with Crippen LogP contribution in [0.3, 0.4) is 0 Å². The number of nitrogens with zero attached hydrogens (tertiary/aromatic N) is 1. The molecule has 0 fully saturated rings. The molecule has 0 saturated carbocycles. The van der Waals surface area contributed by atoms with E-state index in [2.05, 4.69) is 30.7 Å². The number of aromatic hydroxyl groups is 1. The molecular formula is C22H30N2O3S. The van der Waals surface area contributed by atoms with Gasteiger partial charge in [-0.25, -0.2) is 4.83 Å². The van der Waals surface area contributed by atoms with Crippen molar-refractivity contribution >= 4 is 16.2 Å². The lowest BCUT2D eigenvalue weighted by atomic mass is 9.79. The zero-order valence-corrected chi connectivity index (χ0v) is 18.5. The van der Waals surface area contributed by atoms with E-state index in [1.807, 2.05) is 39.8 Å². The molecule has 2 rings (SSSR count). The first kappa shape index (κ1) is 22.0. The van der Waals surface area contributed by atoms with Crippen LogP contribution in [0, 0.1) is 6.92 Å². The topological polar surface area (TPSA) is 78.8 Å². The fraction of sp³-hybridized carbons (Fsp3) is 0.409. The molecule has 0 aliphatic rings. The van der Waals surface area contributed by atoms with Crippen molar-refractivity contribution in [1.82, 2.24) is 4.83 Å². The molecule has 0 radical (unpaired) electrons. The van der Waals surface area contributed by atoms with Crippen LogP contribution >= 0.6 is 0 Å². The van der Waals surface area contributed by atoms with Crippen molar-refractivity contribution in [3.05, 3.63) is 58.7 Å². The Morgan fingerprint density at radius 3 is 2.04 bits per heavy atom. The van der Waals surface area contributed by atoms with Crippen molar-refractivity contribution in [2.45, 2.75) is 64.2 Å². The van der Waals surface area contributed by atoms with Crippen LogP contribution < -0.4 is 4.83 Å². The smallest absolute Gasteiger partial charge is 0.276 e. The highest BCUT2D eigenvalue weighted by molar-refractivity contribution is 7.89. The Morgan fingerprint density at radius 1 is 0.964 bits per heavy atom. The maximum Gasteiger partial charge on any atom is 0.276 e. The predicted molar refractivity (Wildman–Crippen MR) is 115 cm³/mol. The second-order valence-electron chi connectivity index (χ2n) is 9.13. The van der Waals surface area contributed by atoms with Crippen LogP contribution in [0.1, 0.15) is 63.8 Å². The molecule has 0 atom stereocenters. The van der Waals surface area contributed by atoms with Crippen LogP contribution in [0.4, 0.5) is 0 Å². The van der Waals surface area contributed by atoms with E-state index in [-0.39, 0.29) is 21.5 Å². The number of benzene rings is 2. The standard InChI is InChI=1S/C22H30N2O3S/c1-15-8-10-18(11-9-15)28(26,27)24-23-14-16-12-17(21(2,3)4)13-19(20(16)25)22(5,6)7/h8-14,24-25H,1-7H3/b23-14-. The minimum atomic E-state index is -3.77. The van der Waals surface area contributed by atoms with Crippen LogP contribution in [0.5, 0.6) is 5.75 Å². The first-order chi connectivity index (χ1) is 12.7. The number of aryl methyl sites for hydroxylation is 1. The summed E-state index contributed by atoms with van der Waals surface area (Å²) in [5, 5.41) is 14.6. The summed E-state index contributed by atoms with van der Waals surface area (Å²) < 4.78 is 24.8. The van der Waals surface area contributed by atoms with Gasteiger partial charge in [0.2, 0.25) is 0 Å². The van der Waals surface area contributed by atoms with Crippen LogP contribution in [0.2, 0.25) is 0 Å². The van der Waals surface area contributed by atoms with Crippen molar-refractivity contribution in [1.29, 1.82) is 0 Å². The highest BCUT2D eigenvalue weighted by atomic mass is 32.2. The van der Waals surface area contributed by atoms with Gasteiger partial charge < -0.3 is 5.11 Å². The van der Waals surface area contributed by atoms with Gasteiger partial charge in [0.05, 0.1) is 11.1 Å². The van der Waals surface area contributed by atoms with Gasteiger partial charge in [0.25, 0.3) is 10.0 Å². The molecule has 28 heavy (non-hydrogen) atoms. The molecule has 0 saturated heterocycles. The summed E-state index contributed by atoms with van der Waals surface area (Å²) in [6, 6.07) is 10.4. The molecule has 152 valence electrons. The Balaban J connectivity index is 2.40. The second kappa shape index (κ2) is 7.59. The van der Waals surface area contributed by atoms with Gasteiger partial charge >= 0.3 is 0 Å². The van der Waals surface area contributed by atoms with Gasteiger partial charge in [-0.05, 0) is 41.5 Å². The van der Waals surface area contributed by atoms with Crippen molar-refractivity contribution < 1.29 is 13.5 Å². The summed E-state index contributed by atoms with van der Waals surface area (Å²) in [7, 11) is -3.77. The van der Waals surface area contributed by atoms with E-state index in [0.29, 0.717) is 5.56 Å². The fourth-order valence-corrected chi connectivity index (χ4v) is 3.49. The van der Waals surface area contributed by atoms with Crippen LogP contribution in [-0.4, -0.2) is 19.7 Å². The number of phenols is 1. The van der Waals surface area contributed by atoms with Crippen LogP contribution in [0.15, 0.2) is 46.4 Å². The Morgan fingerprint density at radius 2 is 1.54 bits per heavy atom. The molecular weight excluding hydrogens is 372 g/mol. The zero-order chi connectivity index (χ0) is 21.3. The van der Waals surface area contributed by atoms with E-state index in [9.17, 15) is 13.5 Å². The summed E-state index contributed by atoms with van der Waals surface area (Å²) in [5.74, 6) is 0.110. The second-order valence-corrected chi connectivity index (χ2v) is 10.8. The van der Waals surface area contributed by atoms with Crippen LogP contribution in [0.25, 0.3) is 0 Å². The number of sulfonamides is 1. The number of phenolic OH excluding ortho intramolecular Hbond substituents is 1. The molecule has 2 aromatic rings. The van der Waals surface area contributed by atoms with Crippen molar-refractivity contribution in [3.63, 3.8) is 0 Å². The minimum Gasteiger partial charge on any atom is -0.507 e. The molecule has 0 amide bonds. The molecule has 5 nitrogen and oxygen atoms in total. The molecule has 6 heteroatoms. The summed E-state index contributed by atoms with van der Waals surface area (Å²) in [5.41, 5.74) is 2.89. The molecule has 0 unspecified atom stereocenters. The van der Waals surface area contributed by atoms with Gasteiger partial charge in [-0.15, -0.1) is 0 Å². The lowest BCUT2D eigenvalue weighted by Gasteiger charge is -2.26. The number of nitrogens with one attached hydrogen (secondary N) is 1. The summed E-state index contributed by atoms with van der Waals surface area (Å²) in [6.45, 7) is 14.2. The third-order valence-corrected chi connectivity index (χ3v) is 5.76. The zero-order valence-electron chi connectivity index (χ0n) is 17.7. The van der Waals surface area contributed by atoms with Crippen molar-refractivity contribution in [2.24, 2.45) is 5.10 Å². The quantitative estimate of drug-likeness (QED) is 0.579. The Kier molecular flexibility index (Phi) is 5.95. The normalized spacial score (nSPS) is 13.1. The monoisotopic (exact) mass is 402 g/mol. The number of hydrogen-bond acceptors (Lipinski definition) is 4. The lowest BCUT2D eigenvalue weighted by molar-refractivity contribution is 0.444. The summed E-state index contributed by atoms with van der Waals surface area (Å²) in [4.78, 5) is 2.35. The number of rotatable bonds is 4.